The molecule has 14 rings (SSSR count). The molecule has 1 atom stereocenters. The van der Waals surface area contributed by atoms with Gasteiger partial charge in [0, 0.05) is 50.2 Å². The SMILES string of the molecule is C#Cc1c(F)c(F)c(C(C#N)=C2C(=C(C#N)c3c(F)c(F)c(C#N)c(F)c3F)C2=C(C#N)c2c(F)c(F)c(C#N)c(F)c2F)c(F)c1F.[2H]P.c1ccc(-c2ccc(-c3ccc(N(c4ccc(-c5ccccc5)cc4)c4ccc(-c5ccc6c(c5)c5ccccc5n6-c5ccccc5)cc4)cc3)cc2)cc1. The summed E-state index contributed by atoms with van der Waals surface area (Å²) in [6.45, 7) is 0. The van der Waals surface area contributed by atoms with Crippen molar-refractivity contribution in [3.8, 4) is 92.9 Å². The average molecular weight is 1420 g/mol. The van der Waals surface area contributed by atoms with Crippen LogP contribution in [0.4, 0.5) is 69.7 Å². The lowest BCUT2D eigenvalue weighted by atomic mass is 9.99. The zero-order valence-electron chi connectivity index (χ0n) is 54.8. The Kier molecular flexibility index (Phi) is 19.4. The number of allylic oxidation sites excluding steroid dienone is 6. The van der Waals surface area contributed by atoms with Crippen LogP contribution in [0.25, 0.3) is 88.7 Å². The van der Waals surface area contributed by atoms with Gasteiger partial charge in [-0.1, -0.05) is 170 Å². The Morgan fingerprint density at radius 3 is 0.924 bits per heavy atom. The molecule has 506 valence electrons. The summed E-state index contributed by atoms with van der Waals surface area (Å²) < 4.78 is 186. The van der Waals surface area contributed by atoms with E-state index < -0.39 is 137 Å². The van der Waals surface area contributed by atoms with E-state index in [4.69, 9.17) is 18.2 Å². The molecule has 1 fully saturated rings. The Labute approximate surface area is 595 Å². The second-order valence-electron chi connectivity index (χ2n) is 23.2. The molecule has 20 heteroatoms. The van der Waals surface area contributed by atoms with Crippen molar-refractivity contribution >= 4 is 65.4 Å². The van der Waals surface area contributed by atoms with Crippen molar-refractivity contribution in [2.24, 2.45) is 0 Å². The Morgan fingerprint density at radius 2 is 0.590 bits per heavy atom. The standard InChI is InChI=1S/C54H38N2.C31HF12N5.H3P/c1-4-12-39(13-5-1)41-20-22-42(23-21-41)44-26-33-49(34-27-44)55(48-31-24-43(25-32-48)40-14-6-2-7-15-40)50-35-28-45(29-36-50)46-30-37-54-52(38-46)51-18-10-11-19-53(51)56(54)47-16-8-3-9-17-47;1-2-8-20(32)26(38)17(27(39)21(8)33)9(3-44)14-15(10(4-45)18-28(40)22(34)12(6-47)23(35)29(18)41)16(14)11(5-46)19-30(42)24(36)13(7-48)25(37)31(19)43;/h1-38H;1H;1H3/i;;1D. The Morgan fingerprint density at radius 1 is 0.314 bits per heavy atom. The first-order valence-electron chi connectivity index (χ1n) is 31.7. The molecule has 1 aromatic heterocycles. The van der Waals surface area contributed by atoms with Gasteiger partial charge in [-0.15, -0.1) is 6.42 Å². The number of anilines is 3. The third kappa shape index (κ3) is 12.5. The molecule has 1 aliphatic rings. The zero-order chi connectivity index (χ0) is 75.4. The fraction of sp³-hybridized carbons (Fsp3) is 0. The Hall–Kier alpha value is -13.9. The zero-order valence-corrected chi connectivity index (χ0v) is 54.9. The van der Waals surface area contributed by atoms with E-state index in [9.17, 15) is 42.1 Å². The summed E-state index contributed by atoms with van der Waals surface area (Å²) in [6.07, 6.45) is 4.82. The average Bonchev–Trinajstić information content (AvgIpc) is 1.55. The molecule has 12 aromatic carbocycles. The fourth-order valence-corrected chi connectivity index (χ4v) is 12.5. The molecule has 0 amide bonds. The predicted octanol–water partition coefficient (Wildman–Crippen LogP) is 22.3. The normalized spacial score (nSPS) is 12.3. The number of hydrogen-bond donors (Lipinski definition) is 0. The monoisotopic (exact) mass is 1420 g/mol. The predicted molar refractivity (Wildman–Crippen MR) is 382 cm³/mol. The molecule has 0 saturated heterocycles. The number of nitrogens with zero attached hydrogens (tertiary/aromatic N) is 7. The molecule has 0 radical (unpaired) electrons. The number of nitriles is 5. The van der Waals surface area contributed by atoms with Crippen molar-refractivity contribution < 1.29 is 52.7 Å². The summed E-state index contributed by atoms with van der Waals surface area (Å²) in [7, 11) is 1.67. The third-order valence-electron chi connectivity index (χ3n) is 17.5. The number of rotatable bonds is 11. The van der Waals surface area contributed by atoms with E-state index in [2.05, 4.69) is 240 Å². The minimum absolute atomic E-state index is 0.775. The molecule has 0 spiro atoms. The van der Waals surface area contributed by atoms with E-state index in [1.165, 1.54) is 77.9 Å². The maximum Gasteiger partial charge on any atom is 0.180 e. The number of terminal acetylenes is 1. The Bertz CT molecular complexity index is 5740. The molecular weight excluding hydrogens is 1380 g/mol. The summed E-state index contributed by atoms with van der Waals surface area (Å²) >= 11 is 0. The third-order valence-corrected chi connectivity index (χ3v) is 17.5. The quantitative estimate of drug-likeness (QED) is 0.0417. The van der Waals surface area contributed by atoms with Gasteiger partial charge in [0.05, 0.1) is 45.7 Å². The van der Waals surface area contributed by atoms with Crippen molar-refractivity contribution in [2.45, 2.75) is 0 Å². The van der Waals surface area contributed by atoms with Gasteiger partial charge in [0.1, 0.15) is 47.0 Å². The maximum absolute atomic E-state index is 15.1. The van der Waals surface area contributed by atoms with Crippen LogP contribution in [-0.4, -0.2) is 5.85 Å². The first-order chi connectivity index (χ1) is 51.4. The van der Waals surface area contributed by atoms with E-state index >= 15 is 26.3 Å². The van der Waals surface area contributed by atoms with Crippen LogP contribution < -0.4 is 4.90 Å². The smallest absolute Gasteiger partial charge is 0.180 e. The van der Waals surface area contributed by atoms with Gasteiger partial charge >= 0.3 is 0 Å². The number of benzene rings is 12. The summed E-state index contributed by atoms with van der Waals surface area (Å²) in [4.78, 5) is 2.34. The van der Waals surface area contributed by atoms with Crippen molar-refractivity contribution in [1.29, 1.82) is 27.6 Å². The second kappa shape index (κ2) is 29.3. The van der Waals surface area contributed by atoms with Crippen molar-refractivity contribution in [1.82, 2.24) is 4.57 Å². The first kappa shape index (κ1) is 69.5. The van der Waals surface area contributed by atoms with Gasteiger partial charge in [0.25, 0.3) is 0 Å². The highest BCUT2D eigenvalue weighted by atomic mass is 31.0. The number of aromatic nitrogens is 1. The molecule has 105 heavy (non-hydrogen) atoms. The summed E-state index contributed by atoms with van der Waals surface area (Å²) in [5.74, 6) is -28.1. The van der Waals surface area contributed by atoms with Crippen LogP contribution in [0.1, 0.15) is 33.4 Å². The van der Waals surface area contributed by atoms with Gasteiger partial charge in [-0.05, 0) is 111 Å². The molecule has 1 unspecified atom stereocenters. The number of para-hydroxylation sites is 2. The highest BCUT2D eigenvalue weighted by molar-refractivity contribution is 6.92. The van der Waals surface area contributed by atoms with Crippen LogP contribution in [0.3, 0.4) is 0 Å². The fourth-order valence-electron chi connectivity index (χ4n) is 12.5. The summed E-state index contributed by atoms with van der Waals surface area (Å²) in [5, 5.41) is 49.6. The molecule has 0 N–H and O–H groups in total. The van der Waals surface area contributed by atoms with Crippen LogP contribution >= 0.6 is 9.84 Å². The van der Waals surface area contributed by atoms with Gasteiger partial charge in [0.2, 0.25) is 0 Å². The van der Waals surface area contributed by atoms with Crippen LogP contribution in [-0.2, 0) is 0 Å². The topological polar surface area (TPSA) is 127 Å². The molecule has 1 heterocycles. The minimum Gasteiger partial charge on any atom is -0.311 e. The van der Waals surface area contributed by atoms with Gasteiger partial charge in [-0.3, -0.25) is 0 Å². The summed E-state index contributed by atoms with van der Waals surface area (Å²) in [6, 6.07) is 87.4. The number of halogens is 12. The van der Waals surface area contributed by atoms with Gasteiger partial charge in [0.15, 0.2) is 69.8 Å². The van der Waals surface area contributed by atoms with Crippen LogP contribution in [0.15, 0.2) is 247 Å². The molecule has 13 aromatic rings. The lowest BCUT2D eigenvalue weighted by Crippen LogP contribution is -2.09. The summed E-state index contributed by atoms with van der Waals surface area (Å²) in [5.41, 5.74) is -4.46. The van der Waals surface area contributed by atoms with Gasteiger partial charge in [-0.2, -0.15) is 36.2 Å². The van der Waals surface area contributed by atoms with Crippen LogP contribution in [0, 0.1) is 139 Å². The highest BCUT2D eigenvalue weighted by Crippen LogP contribution is 2.58. The van der Waals surface area contributed by atoms with E-state index in [1.807, 2.05) is 0 Å². The van der Waals surface area contributed by atoms with E-state index in [-0.39, 0.29) is 0 Å². The van der Waals surface area contributed by atoms with Crippen molar-refractivity contribution in [2.75, 3.05) is 4.90 Å². The minimum atomic E-state index is -2.52. The number of hydrogen-bond acceptors (Lipinski definition) is 6. The van der Waals surface area contributed by atoms with Crippen LogP contribution in [0.2, 0.25) is 0 Å². The molecule has 7 nitrogen and oxygen atoms in total. The van der Waals surface area contributed by atoms with Gasteiger partial charge in [-0.25, -0.2) is 52.7 Å². The maximum atomic E-state index is 15.1. The lowest BCUT2D eigenvalue weighted by molar-refractivity contribution is 0.446. The lowest BCUT2D eigenvalue weighted by Gasteiger charge is -2.26. The number of fused-ring (bicyclic) bond motifs is 3. The second-order valence-corrected chi connectivity index (χ2v) is 23.2. The van der Waals surface area contributed by atoms with Crippen LogP contribution in [0.5, 0.6) is 0 Å². The molecule has 1 aliphatic carbocycles. The van der Waals surface area contributed by atoms with Crippen molar-refractivity contribution in [3.05, 3.63) is 350 Å². The highest BCUT2D eigenvalue weighted by Gasteiger charge is 2.46. The first-order valence-corrected chi connectivity index (χ1v) is 31.1. The largest absolute Gasteiger partial charge is 0.311 e. The Balaban J connectivity index is 0.000000197. The van der Waals surface area contributed by atoms with E-state index in [0.717, 1.165) is 47.4 Å². The molecule has 0 bridgehead atoms. The van der Waals surface area contributed by atoms with E-state index in [1.54, 1.807) is 9.84 Å². The van der Waals surface area contributed by atoms with Crippen molar-refractivity contribution in [3.63, 3.8) is 0 Å². The van der Waals surface area contributed by atoms with Gasteiger partial charge < -0.3 is 9.47 Å². The van der Waals surface area contributed by atoms with E-state index in [0.29, 0.717) is 0 Å². The molecular formula is C85H42F12N7P. The molecule has 1 saturated carbocycles. The molecule has 0 aliphatic heterocycles.